The fourth-order valence-corrected chi connectivity index (χ4v) is 2.60. The summed E-state index contributed by atoms with van der Waals surface area (Å²) in [5.41, 5.74) is 0.705. The van der Waals surface area contributed by atoms with E-state index in [9.17, 15) is 13.6 Å². The summed E-state index contributed by atoms with van der Waals surface area (Å²) in [7, 11) is 0. The molecule has 0 fully saturated rings. The molecule has 114 valence electrons. The lowest BCUT2D eigenvalue weighted by molar-refractivity contribution is 0.102. The van der Waals surface area contributed by atoms with E-state index in [0.717, 1.165) is 0 Å². The average molecular weight is 323 g/mol. The highest BCUT2D eigenvalue weighted by atomic mass is 32.2. The van der Waals surface area contributed by atoms with Crippen LogP contribution in [0.4, 0.5) is 14.5 Å². The minimum atomic E-state index is -2.55. The standard InChI is InChI=1S/C15H11F2NO3S/c16-15(17)22-13-4-2-1-3-10(13)18-14(19)9-5-6-11-12(7-9)21-8-20-11/h1-7,15H,8H2,(H,18,19). The number of rotatable bonds is 4. The molecule has 3 rings (SSSR count). The number of anilines is 1. The quantitative estimate of drug-likeness (QED) is 0.865. The third-order valence-electron chi connectivity index (χ3n) is 2.99. The molecule has 1 heterocycles. The van der Waals surface area contributed by atoms with E-state index in [2.05, 4.69) is 5.32 Å². The van der Waals surface area contributed by atoms with E-state index in [-0.39, 0.29) is 6.79 Å². The number of hydrogen-bond donors (Lipinski definition) is 1. The van der Waals surface area contributed by atoms with Crippen molar-refractivity contribution in [3.63, 3.8) is 0 Å². The first-order valence-electron chi connectivity index (χ1n) is 6.38. The van der Waals surface area contributed by atoms with Gasteiger partial charge in [0.1, 0.15) is 0 Å². The molecule has 1 aliphatic heterocycles. The van der Waals surface area contributed by atoms with Crippen molar-refractivity contribution in [2.24, 2.45) is 0 Å². The number of halogens is 2. The zero-order chi connectivity index (χ0) is 15.5. The second kappa shape index (κ2) is 6.23. The van der Waals surface area contributed by atoms with Crippen LogP contribution in [0.3, 0.4) is 0 Å². The summed E-state index contributed by atoms with van der Waals surface area (Å²) >= 11 is 0.390. The molecule has 1 amide bonds. The molecule has 0 aliphatic carbocycles. The number of nitrogens with one attached hydrogen (secondary N) is 1. The van der Waals surface area contributed by atoms with Gasteiger partial charge in [0.05, 0.1) is 5.69 Å². The minimum Gasteiger partial charge on any atom is -0.454 e. The van der Waals surface area contributed by atoms with E-state index in [0.29, 0.717) is 39.4 Å². The number of carbonyl (C=O) groups excluding carboxylic acids is 1. The highest BCUT2D eigenvalue weighted by molar-refractivity contribution is 7.99. The van der Waals surface area contributed by atoms with Gasteiger partial charge in [-0.1, -0.05) is 23.9 Å². The van der Waals surface area contributed by atoms with Crippen LogP contribution >= 0.6 is 11.8 Å². The molecule has 0 saturated heterocycles. The van der Waals surface area contributed by atoms with Gasteiger partial charge < -0.3 is 14.8 Å². The Balaban J connectivity index is 1.80. The van der Waals surface area contributed by atoms with Crippen molar-refractivity contribution >= 4 is 23.4 Å². The highest BCUT2D eigenvalue weighted by Gasteiger charge is 2.17. The molecule has 0 saturated carbocycles. The second-order valence-electron chi connectivity index (χ2n) is 4.40. The van der Waals surface area contributed by atoms with Gasteiger partial charge in [-0.15, -0.1) is 0 Å². The minimum absolute atomic E-state index is 0.119. The lowest BCUT2D eigenvalue weighted by atomic mass is 10.2. The zero-order valence-corrected chi connectivity index (χ0v) is 12.0. The predicted octanol–water partition coefficient (Wildman–Crippen LogP) is 3.98. The molecule has 7 heteroatoms. The van der Waals surface area contributed by atoms with Crippen molar-refractivity contribution in [1.82, 2.24) is 0 Å². The number of para-hydroxylation sites is 1. The van der Waals surface area contributed by atoms with Gasteiger partial charge >= 0.3 is 0 Å². The van der Waals surface area contributed by atoms with Crippen LogP contribution < -0.4 is 14.8 Å². The Morgan fingerprint density at radius 1 is 1.14 bits per heavy atom. The molecule has 1 aliphatic rings. The zero-order valence-electron chi connectivity index (χ0n) is 11.2. The fourth-order valence-electron chi connectivity index (χ4n) is 2.00. The molecule has 0 radical (unpaired) electrons. The van der Waals surface area contributed by atoms with Crippen molar-refractivity contribution < 1.29 is 23.0 Å². The first-order valence-corrected chi connectivity index (χ1v) is 7.26. The molecule has 0 aromatic heterocycles. The van der Waals surface area contributed by atoms with Crippen molar-refractivity contribution in [2.45, 2.75) is 10.7 Å². The topological polar surface area (TPSA) is 47.6 Å². The third-order valence-corrected chi connectivity index (χ3v) is 3.77. The molecule has 0 atom stereocenters. The molecule has 0 bridgehead atoms. The number of hydrogen-bond acceptors (Lipinski definition) is 4. The molecular formula is C15H11F2NO3S. The van der Waals surface area contributed by atoms with Crippen LogP contribution in [0.5, 0.6) is 11.5 Å². The van der Waals surface area contributed by atoms with Crippen LogP contribution in [0.15, 0.2) is 47.4 Å². The Labute approximate surface area is 129 Å². The van der Waals surface area contributed by atoms with Gasteiger partial charge in [0, 0.05) is 10.5 Å². The smallest absolute Gasteiger partial charge is 0.288 e. The highest BCUT2D eigenvalue weighted by Crippen LogP contribution is 2.34. The largest absolute Gasteiger partial charge is 0.454 e. The van der Waals surface area contributed by atoms with E-state index in [1.54, 1.807) is 36.4 Å². The Bertz CT molecular complexity index is 709. The molecular weight excluding hydrogens is 312 g/mol. The van der Waals surface area contributed by atoms with Crippen molar-refractivity contribution in [1.29, 1.82) is 0 Å². The monoisotopic (exact) mass is 323 g/mol. The lowest BCUT2D eigenvalue weighted by Gasteiger charge is -2.10. The van der Waals surface area contributed by atoms with Gasteiger partial charge in [-0.3, -0.25) is 4.79 Å². The first-order chi connectivity index (χ1) is 10.6. The number of amides is 1. The summed E-state index contributed by atoms with van der Waals surface area (Å²) in [6.45, 7) is 0.119. The molecule has 1 N–H and O–H groups in total. The molecule has 0 unspecified atom stereocenters. The van der Waals surface area contributed by atoms with E-state index < -0.39 is 11.7 Å². The van der Waals surface area contributed by atoms with E-state index >= 15 is 0 Å². The maximum atomic E-state index is 12.5. The fraction of sp³-hybridized carbons (Fsp3) is 0.133. The van der Waals surface area contributed by atoms with Crippen molar-refractivity contribution in [3.05, 3.63) is 48.0 Å². The van der Waals surface area contributed by atoms with Crippen molar-refractivity contribution in [3.8, 4) is 11.5 Å². The molecule has 2 aromatic carbocycles. The van der Waals surface area contributed by atoms with Crippen LogP contribution in [0.25, 0.3) is 0 Å². The van der Waals surface area contributed by atoms with E-state index in [1.165, 1.54) is 6.07 Å². The molecule has 2 aromatic rings. The maximum absolute atomic E-state index is 12.5. The number of benzene rings is 2. The average Bonchev–Trinajstić information content (AvgIpc) is 2.96. The van der Waals surface area contributed by atoms with E-state index in [1.807, 2.05) is 0 Å². The molecule has 4 nitrogen and oxygen atoms in total. The number of carbonyl (C=O) groups is 1. The second-order valence-corrected chi connectivity index (χ2v) is 5.43. The predicted molar refractivity (Wildman–Crippen MR) is 78.8 cm³/mol. The summed E-state index contributed by atoms with van der Waals surface area (Å²) in [5.74, 6) is -1.89. The van der Waals surface area contributed by atoms with Gasteiger partial charge in [-0.05, 0) is 30.3 Å². The summed E-state index contributed by atoms with van der Waals surface area (Å²) in [6.07, 6.45) is 0. The molecule has 0 spiro atoms. The number of fused-ring (bicyclic) bond motifs is 1. The van der Waals surface area contributed by atoms with Crippen LogP contribution in [0.1, 0.15) is 10.4 Å². The Morgan fingerprint density at radius 2 is 1.91 bits per heavy atom. The van der Waals surface area contributed by atoms with Gasteiger partial charge in [-0.2, -0.15) is 8.78 Å². The lowest BCUT2D eigenvalue weighted by Crippen LogP contribution is -2.12. The number of alkyl halides is 2. The van der Waals surface area contributed by atoms with Gasteiger partial charge in [0.25, 0.3) is 11.7 Å². The van der Waals surface area contributed by atoms with Crippen LogP contribution in [-0.4, -0.2) is 18.5 Å². The van der Waals surface area contributed by atoms with E-state index in [4.69, 9.17) is 9.47 Å². The normalized spacial score (nSPS) is 12.5. The summed E-state index contributed by atoms with van der Waals surface area (Å²) in [5, 5.41) is 2.63. The summed E-state index contributed by atoms with van der Waals surface area (Å²) in [4.78, 5) is 12.6. The van der Waals surface area contributed by atoms with Gasteiger partial charge in [0.15, 0.2) is 11.5 Å². The Morgan fingerprint density at radius 3 is 2.73 bits per heavy atom. The number of ether oxygens (including phenoxy) is 2. The van der Waals surface area contributed by atoms with Crippen LogP contribution in [-0.2, 0) is 0 Å². The van der Waals surface area contributed by atoms with Crippen LogP contribution in [0.2, 0.25) is 0 Å². The molecule has 22 heavy (non-hydrogen) atoms. The SMILES string of the molecule is O=C(Nc1ccccc1SC(F)F)c1ccc2c(c1)OCO2. The third kappa shape index (κ3) is 3.14. The Kier molecular flexibility index (Phi) is 4.15. The van der Waals surface area contributed by atoms with Crippen molar-refractivity contribution in [2.75, 3.05) is 12.1 Å². The van der Waals surface area contributed by atoms with Gasteiger partial charge in [0.2, 0.25) is 6.79 Å². The van der Waals surface area contributed by atoms with Crippen LogP contribution in [0, 0.1) is 0 Å². The number of thioether (sulfide) groups is 1. The maximum Gasteiger partial charge on any atom is 0.288 e. The summed E-state index contributed by atoms with van der Waals surface area (Å²) < 4.78 is 35.4. The Hall–Kier alpha value is -2.28. The van der Waals surface area contributed by atoms with Gasteiger partial charge in [-0.25, -0.2) is 0 Å². The summed E-state index contributed by atoms with van der Waals surface area (Å²) in [6, 6.07) is 11.2. The first kappa shape index (κ1) is 14.6.